The van der Waals surface area contributed by atoms with Crippen LogP contribution in [0.25, 0.3) is 0 Å². The molecule has 0 radical (unpaired) electrons. The Labute approximate surface area is 116 Å². The van der Waals surface area contributed by atoms with Crippen molar-refractivity contribution in [2.75, 3.05) is 18.0 Å². The number of halogens is 2. The molecule has 2 N–H and O–H groups in total. The zero-order valence-corrected chi connectivity index (χ0v) is 11.0. The zero-order valence-electron chi connectivity index (χ0n) is 11.0. The van der Waals surface area contributed by atoms with Gasteiger partial charge in [-0.15, -0.1) is 0 Å². The van der Waals surface area contributed by atoms with E-state index in [9.17, 15) is 8.78 Å². The van der Waals surface area contributed by atoms with E-state index in [1.54, 1.807) is 17.3 Å². The Bertz CT molecular complexity index is 548. The van der Waals surface area contributed by atoms with Gasteiger partial charge in [0.2, 0.25) is 0 Å². The highest BCUT2D eigenvalue weighted by molar-refractivity contribution is 5.40. The van der Waals surface area contributed by atoms with Crippen LogP contribution in [0.5, 0.6) is 0 Å². The molecule has 0 aliphatic carbocycles. The Morgan fingerprint density at radius 2 is 2.10 bits per heavy atom. The number of pyridine rings is 2. The van der Waals surface area contributed by atoms with Gasteiger partial charge < -0.3 is 10.6 Å². The number of hydrogen-bond donors (Lipinski definition) is 1. The first-order chi connectivity index (χ1) is 9.70. The van der Waals surface area contributed by atoms with Crippen molar-refractivity contribution in [2.45, 2.75) is 13.0 Å². The predicted octanol–water partition coefficient (Wildman–Crippen LogP) is 2.11. The topological polar surface area (TPSA) is 55.0 Å². The molecular weight excluding hydrogens is 262 g/mol. The van der Waals surface area contributed by atoms with E-state index in [4.69, 9.17) is 5.73 Å². The first-order valence-corrected chi connectivity index (χ1v) is 6.35. The van der Waals surface area contributed by atoms with Gasteiger partial charge in [0.15, 0.2) is 11.6 Å². The predicted molar refractivity (Wildman–Crippen MR) is 73.1 cm³/mol. The average Bonchev–Trinajstić information content (AvgIpc) is 2.45. The second-order valence-corrected chi connectivity index (χ2v) is 4.38. The Balaban J connectivity index is 2.22. The summed E-state index contributed by atoms with van der Waals surface area (Å²) in [5, 5.41) is 0. The highest BCUT2D eigenvalue weighted by Crippen LogP contribution is 2.19. The van der Waals surface area contributed by atoms with Crippen molar-refractivity contribution in [3.05, 3.63) is 54.0 Å². The normalized spacial score (nSPS) is 10.6. The van der Waals surface area contributed by atoms with Crippen molar-refractivity contribution in [3.63, 3.8) is 0 Å². The van der Waals surface area contributed by atoms with Gasteiger partial charge in [0, 0.05) is 31.5 Å². The molecule has 2 aromatic heterocycles. The summed E-state index contributed by atoms with van der Waals surface area (Å²) in [5.74, 6) is -1.24. The molecule has 2 aromatic rings. The third-order valence-electron chi connectivity index (χ3n) is 2.82. The van der Waals surface area contributed by atoms with Gasteiger partial charge in [0.1, 0.15) is 5.82 Å². The van der Waals surface area contributed by atoms with Crippen LogP contribution in [0.4, 0.5) is 14.6 Å². The fourth-order valence-electron chi connectivity index (χ4n) is 1.89. The Hall–Kier alpha value is -2.08. The van der Waals surface area contributed by atoms with Crippen molar-refractivity contribution in [1.29, 1.82) is 0 Å². The molecule has 6 heteroatoms. The summed E-state index contributed by atoms with van der Waals surface area (Å²) in [7, 11) is 0. The van der Waals surface area contributed by atoms with Crippen molar-refractivity contribution >= 4 is 5.82 Å². The van der Waals surface area contributed by atoms with Gasteiger partial charge in [-0.25, -0.2) is 13.8 Å². The second-order valence-electron chi connectivity index (χ2n) is 4.38. The molecule has 0 aromatic carbocycles. The summed E-state index contributed by atoms with van der Waals surface area (Å²) in [6, 6.07) is 4.54. The van der Waals surface area contributed by atoms with E-state index in [1.807, 2.05) is 12.1 Å². The molecule has 0 amide bonds. The highest BCUT2D eigenvalue weighted by Gasteiger charge is 2.14. The van der Waals surface area contributed by atoms with Gasteiger partial charge in [-0.3, -0.25) is 4.98 Å². The van der Waals surface area contributed by atoms with E-state index in [-0.39, 0.29) is 5.82 Å². The SMILES string of the molecule is NCCCN(Cc1cccnc1)c1ncc(F)cc1F. The number of anilines is 1. The first kappa shape index (κ1) is 14.3. The lowest BCUT2D eigenvalue weighted by atomic mass is 10.2. The number of rotatable bonds is 6. The Morgan fingerprint density at radius 1 is 1.25 bits per heavy atom. The minimum Gasteiger partial charge on any atom is -0.350 e. The summed E-state index contributed by atoms with van der Waals surface area (Å²) in [4.78, 5) is 9.60. The van der Waals surface area contributed by atoms with E-state index >= 15 is 0 Å². The lowest BCUT2D eigenvalue weighted by molar-refractivity contribution is 0.564. The molecule has 0 spiro atoms. The quantitative estimate of drug-likeness (QED) is 0.879. The zero-order chi connectivity index (χ0) is 14.4. The van der Waals surface area contributed by atoms with Crippen molar-refractivity contribution in [1.82, 2.24) is 9.97 Å². The molecule has 0 unspecified atom stereocenters. The molecule has 0 aliphatic heterocycles. The molecule has 20 heavy (non-hydrogen) atoms. The van der Waals surface area contributed by atoms with Gasteiger partial charge in [-0.1, -0.05) is 6.07 Å². The van der Waals surface area contributed by atoms with Crippen molar-refractivity contribution < 1.29 is 8.78 Å². The molecular formula is C14H16F2N4. The number of nitrogens with zero attached hydrogens (tertiary/aromatic N) is 3. The van der Waals surface area contributed by atoms with Crippen LogP contribution < -0.4 is 10.6 Å². The molecule has 2 rings (SSSR count). The molecule has 4 nitrogen and oxygen atoms in total. The first-order valence-electron chi connectivity index (χ1n) is 6.35. The van der Waals surface area contributed by atoms with Crippen LogP contribution in [-0.4, -0.2) is 23.1 Å². The molecule has 0 bridgehead atoms. The minimum absolute atomic E-state index is 0.128. The van der Waals surface area contributed by atoms with Crippen LogP contribution in [0.1, 0.15) is 12.0 Å². The van der Waals surface area contributed by atoms with E-state index < -0.39 is 11.6 Å². The second kappa shape index (κ2) is 6.91. The van der Waals surface area contributed by atoms with Crippen LogP contribution in [0, 0.1) is 11.6 Å². The monoisotopic (exact) mass is 278 g/mol. The molecule has 0 saturated heterocycles. The van der Waals surface area contributed by atoms with E-state index in [0.717, 1.165) is 17.8 Å². The summed E-state index contributed by atoms with van der Waals surface area (Å²) in [6.07, 6.45) is 5.08. The third kappa shape index (κ3) is 3.71. The molecule has 0 atom stereocenters. The third-order valence-corrected chi connectivity index (χ3v) is 2.82. The van der Waals surface area contributed by atoms with Crippen molar-refractivity contribution in [3.8, 4) is 0 Å². The molecule has 0 saturated carbocycles. The maximum absolute atomic E-state index is 13.8. The standard InChI is InChI=1S/C14H16F2N4/c15-12-7-13(16)14(19-9-12)20(6-2-4-17)10-11-3-1-5-18-8-11/h1,3,5,7-9H,2,4,6,10,17H2. The van der Waals surface area contributed by atoms with Gasteiger partial charge in [-0.05, 0) is 24.6 Å². The fraction of sp³-hybridized carbons (Fsp3) is 0.286. The van der Waals surface area contributed by atoms with Crippen molar-refractivity contribution in [2.24, 2.45) is 5.73 Å². The Morgan fingerprint density at radius 3 is 2.75 bits per heavy atom. The van der Waals surface area contributed by atoms with Gasteiger partial charge >= 0.3 is 0 Å². The number of nitrogens with two attached hydrogens (primary N) is 1. The van der Waals surface area contributed by atoms with E-state index in [0.29, 0.717) is 26.1 Å². The molecule has 106 valence electrons. The van der Waals surface area contributed by atoms with Crippen LogP contribution in [0.2, 0.25) is 0 Å². The highest BCUT2D eigenvalue weighted by atomic mass is 19.1. The van der Waals surface area contributed by atoms with Crippen LogP contribution >= 0.6 is 0 Å². The Kier molecular flexibility index (Phi) is 4.95. The lowest BCUT2D eigenvalue weighted by Gasteiger charge is -2.23. The summed E-state index contributed by atoms with van der Waals surface area (Å²) in [5.41, 5.74) is 6.42. The minimum atomic E-state index is -0.689. The molecule has 0 aliphatic rings. The summed E-state index contributed by atoms with van der Waals surface area (Å²) < 4.78 is 26.8. The largest absolute Gasteiger partial charge is 0.350 e. The fourth-order valence-corrected chi connectivity index (χ4v) is 1.89. The van der Waals surface area contributed by atoms with E-state index in [1.165, 1.54) is 0 Å². The maximum Gasteiger partial charge on any atom is 0.168 e. The lowest BCUT2D eigenvalue weighted by Crippen LogP contribution is -2.27. The summed E-state index contributed by atoms with van der Waals surface area (Å²) >= 11 is 0. The average molecular weight is 278 g/mol. The van der Waals surface area contributed by atoms with Crippen LogP contribution in [0.15, 0.2) is 36.8 Å². The van der Waals surface area contributed by atoms with E-state index in [2.05, 4.69) is 9.97 Å². The van der Waals surface area contributed by atoms with Crippen LogP contribution in [0.3, 0.4) is 0 Å². The van der Waals surface area contributed by atoms with Gasteiger partial charge in [0.25, 0.3) is 0 Å². The smallest absolute Gasteiger partial charge is 0.168 e. The molecule has 0 fully saturated rings. The maximum atomic E-state index is 13.8. The van der Waals surface area contributed by atoms with Gasteiger partial charge in [-0.2, -0.15) is 0 Å². The van der Waals surface area contributed by atoms with Crippen LogP contribution in [-0.2, 0) is 6.54 Å². The summed E-state index contributed by atoms with van der Waals surface area (Å²) in [6.45, 7) is 1.48. The van der Waals surface area contributed by atoms with Gasteiger partial charge in [0.05, 0.1) is 6.20 Å². The molecule has 2 heterocycles. The number of hydrogen-bond acceptors (Lipinski definition) is 4. The number of aromatic nitrogens is 2.